The van der Waals surface area contributed by atoms with Crippen LogP contribution in [0.15, 0.2) is 54.7 Å². The van der Waals surface area contributed by atoms with Crippen LogP contribution >= 0.6 is 0 Å². The van der Waals surface area contributed by atoms with Gasteiger partial charge in [0, 0.05) is 29.4 Å². The number of fused-ring (bicyclic) bond motifs is 1. The van der Waals surface area contributed by atoms with Crippen molar-refractivity contribution in [2.24, 2.45) is 5.73 Å². The van der Waals surface area contributed by atoms with E-state index in [4.69, 9.17) is 5.73 Å². The van der Waals surface area contributed by atoms with Crippen molar-refractivity contribution in [3.05, 3.63) is 71.4 Å². The summed E-state index contributed by atoms with van der Waals surface area (Å²) in [7, 11) is 0. The molecular formula is C18H17N3O. The number of nitrogens with zero attached hydrogens (tertiary/aromatic N) is 1. The van der Waals surface area contributed by atoms with Crippen LogP contribution in [0, 0.1) is 6.92 Å². The van der Waals surface area contributed by atoms with Crippen LogP contribution < -0.4 is 11.1 Å². The molecule has 0 unspecified atom stereocenters. The highest BCUT2D eigenvalue weighted by Crippen LogP contribution is 2.23. The maximum atomic E-state index is 11.1. The zero-order chi connectivity index (χ0) is 15.5. The van der Waals surface area contributed by atoms with E-state index < -0.39 is 5.91 Å². The number of hydrogen-bond acceptors (Lipinski definition) is 3. The van der Waals surface area contributed by atoms with Gasteiger partial charge in [-0.15, -0.1) is 0 Å². The summed E-state index contributed by atoms with van der Waals surface area (Å²) >= 11 is 0. The van der Waals surface area contributed by atoms with Gasteiger partial charge in [0.1, 0.15) is 0 Å². The average molecular weight is 291 g/mol. The maximum absolute atomic E-state index is 11.1. The molecule has 0 aliphatic carbocycles. The van der Waals surface area contributed by atoms with Crippen molar-refractivity contribution in [2.75, 3.05) is 5.32 Å². The quantitative estimate of drug-likeness (QED) is 0.775. The fourth-order valence-electron chi connectivity index (χ4n) is 2.40. The predicted octanol–water partition coefficient (Wildman–Crippen LogP) is 3.25. The highest BCUT2D eigenvalue weighted by atomic mass is 16.1. The average Bonchev–Trinajstić information content (AvgIpc) is 2.53. The smallest absolute Gasteiger partial charge is 0.248 e. The van der Waals surface area contributed by atoms with E-state index in [9.17, 15) is 4.79 Å². The van der Waals surface area contributed by atoms with Crippen LogP contribution in [0.25, 0.3) is 10.9 Å². The Morgan fingerprint density at radius 1 is 1.14 bits per heavy atom. The van der Waals surface area contributed by atoms with E-state index in [1.807, 2.05) is 24.3 Å². The van der Waals surface area contributed by atoms with Gasteiger partial charge in [-0.25, -0.2) is 0 Å². The highest BCUT2D eigenvalue weighted by Gasteiger charge is 2.03. The van der Waals surface area contributed by atoms with Gasteiger partial charge < -0.3 is 11.1 Å². The fourth-order valence-corrected chi connectivity index (χ4v) is 2.40. The number of aromatic nitrogens is 1. The minimum atomic E-state index is -0.407. The number of anilines is 1. The zero-order valence-electron chi connectivity index (χ0n) is 12.3. The number of amides is 1. The molecule has 2 aromatic carbocycles. The van der Waals surface area contributed by atoms with E-state index in [0.29, 0.717) is 12.1 Å². The summed E-state index contributed by atoms with van der Waals surface area (Å²) in [6.45, 7) is 2.74. The van der Waals surface area contributed by atoms with E-state index in [0.717, 1.165) is 22.2 Å². The second-order valence-corrected chi connectivity index (χ2v) is 5.29. The Bertz CT molecular complexity index is 825. The van der Waals surface area contributed by atoms with Gasteiger partial charge in [0.15, 0.2) is 0 Å². The number of nitrogens with two attached hydrogens (primary N) is 1. The predicted molar refractivity (Wildman–Crippen MR) is 88.8 cm³/mol. The van der Waals surface area contributed by atoms with Crippen molar-refractivity contribution < 1.29 is 4.79 Å². The third-order valence-corrected chi connectivity index (χ3v) is 3.62. The Morgan fingerprint density at radius 3 is 2.64 bits per heavy atom. The van der Waals surface area contributed by atoms with E-state index in [1.54, 1.807) is 18.3 Å². The summed E-state index contributed by atoms with van der Waals surface area (Å²) in [5, 5.41) is 4.53. The summed E-state index contributed by atoms with van der Waals surface area (Å²) < 4.78 is 0. The fraction of sp³-hybridized carbons (Fsp3) is 0.111. The molecule has 3 N–H and O–H groups in total. The Morgan fingerprint density at radius 2 is 1.91 bits per heavy atom. The van der Waals surface area contributed by atoms with E-state index in [-0.39, 0.29) is 0 Å². The van der Waals surface area contributed by atoms with E-state index in [1.165, 1.54) is 5.56 Å². The van der Waals surface area contributed by atoms with Crippen LogP contribution in [0.5, 0.6) is 0 Å². The molecule has 0 spiro atoms. The van der Waals surface area contributed by atoms with Crippen LogP contribution in [0.4, 0.5) is 5.69 Å². The summed E-state index contributed by atoms with van der Waals surface area (Å²) in [6.07, 6.45) is 1.80. The molecule has 4 nitrogen and oxygen atoms in total. The lowest BCUT2D eigenvalue weighted by Crippen LogP contribution is -2.10. The van der Waals surface area contributed by atoms with Crippen molar-refractivity contribution in [1.29, 1.82) is 0 Å². The molecule has 1 amide bonds. The Kier molecular flexibility index (Phi) is 3.74. The van der Waals surface area contributed by atoms with Crippen molar-refractivity contribution >= 4 is 22.5 Å². The number of pyridine rings is 1. The topological polar surface area (TPSA) is 68.0 Å². The first-order valence-corrected chi connectivity index (χ1v) is 7.11. The van der Waals surface area contributed by atoms with Crippen molar-refractivity contribution in [2.45, 2.75) is 13.5 Å². The van der Waals surface area contributed by atoms with Gasteiger partial charge in [-0.3, -0.25) is 9.78 Å². The van der Waals surface area contributed by atoms with Gasteiger partial charge in [0.2, 0.25) is 5.91 Å². The van der Waals surface area contributed by atoms with Crippen molar-refractivity contribution in [3.8, 4) is 0 Å². The second kappa shape index (κ2) is 5.85. The monoisotopic (exact) mass is 291 g/mol. The molecule has 4 heteroatoms. The molecule has 0 aliphatic heterocycles. The number of rotatable bonds is 4. The number of benzene rings is 2. The third-order valence-electron chi connectivity index (χ3n) is 3.62. The summed E-state index contributed by atoms with van der Waals surface area (Å²) in [6, 6.07) is 15.5. The van der Waals surface area contributed by atoms with Gasteiger partial charge in [-0.1, -0.05) is 23.8 Å². The molecule has 0 fully saturated rings. The first-order valence-electron chi connectivity index (χ1n) is 7.11. The molecular weight excluding hydrogens is 274 g/mol. The summed E-state index contributed by atoms with van der Waals surface area (Å²) in [5.74, 6) is -0.407. The Balaban J connectivity index is 1.81. The summed E-state index contributed by atoms with van der Waals surface area (Å²) in [4.78, 5) is 15.4. The van der Waals surface area contributed by atoms with Gasteiger partial charge in [-0.2, -0.15) is 0 Å². The minimum absolute atomic E-state index is 0.407. The SMILES string of the molecule is Cc1ccc2nccc(NCc3ccc(C(N)=O)cc3)c2c1. The molecule has 0 saturated carbocycles. The molecule has 0 aliphatic rings. The van der Waals surface area contributed by atoms with Gasteiger partial charge in [0.05, 0.1) is 5.52 Å². The third kappa shape index (κ3) is 2.91. The van der Waals surface area contributed by atoms with Crippen LogP contribution in [0.2, 0.25) is 0 Å². The first-order chi connectivity index (χ1) is 10.6. The lowest BCUT2D eigenvalue weighted by molar-refractivity contribution is 0.100. The van der Waals surface area contributed by atoms with Crippen molar-refractivity contribution in [3.63, 3.8) is 0 Å². The molecule has 110 valence electrons. The van der Waals surface area contributed by atoms with Gasteiger partial charge in [-0.05, 0) is 42.8 Å². The molecule has 22 heavy (non-hydrogen) atoms. The number of hydrogen-bond donors (Lipinski definition) is 2. The van der Waals surface area contributed by atoms with Crippen molar-refractivity contribution in [1.82, 2.24) is 4.98 Å². The molecule has 0 saturated heterocycles. The maximum Gasteiger partial charge on any atom is 0.248 e. The lowest BCUT2D eigenvalue weighted by atomic mass is 10.1. The number of aryl methyl sites for hydroxylation is 1. The highest BCUT2D eigenvalue weighted by molar-refractivity contribution is 5.93. The molecule has 0 radical (unpaired) electrons. The largest absolute Gasteiger partial charge is 0.380 e. The molecule has 0 bridgehead atoms. The molecule has 3 aromatic rings. The zero-order valence-corrected chi connectivity index (χ0v) is 12.3. The van der Waals surface area contributed by atoms with Crippen LogP contribution in [0.1, 0.15) is 21.5 Å². The molecule has 1 aromatic heterocycles. The Hall–Kier alpha value is -2.88. The lowest BCUT2D eigenvalue weighted by Gasteiger charge is -2.10. The van der Waals surface area contributed by atoms with Crippen LogP contribution in [0.3, 0.4) is 0 Å². The minimum Gasteiger partial charge on any atom is -0.380 e. The van der Waals surface area contributed by atoms with Gasteiger partial charge >= 0.3 is 0 Å². The number of nitrogens with one attached hydrogen (secondary N) is 1. The normalized spacial score (nSPS) is 10.6. The molecule has 3 rings (SSSR count). The first kappa shape index (κ1) is 14.1. The van der Waals surface area contributed by atoms with Crippen LogP contribution in [-0.2, 0) is 6.54 Å². The van der Waals surface area contributed by atoms with Crippen LogP contribution in [-0.4, -0.2) is 10.9 Å². The number of carbonyl (C=O) groups is 1. The molecule has 1 heterocycles. The number of carbonyl (C=O) groups excluding carboxylic acids is 1. The van der Waals surface area contributed by atoms with Gasteiger partial charge in [0.25, 0.3) is 0 Å². The standard InChI is InChI=1S/C18H17N3O/c1-12-2-7-16-15(10-12)17(8-9-20-16)21-11-13-3-5-14(6-4-13)18(19)22/h2-10H,11H2,1H3,(H2,19,22)(H,20,21). The molecule has 0 atom stereocenters. The number of primary amides is 1. The van der Waals surface area contributed by atoms with E-state index >= 15 is 0 Å². The Labute approximate surface area is 129 Å². The second-order valence-electron chi connectivity index (χ2n) is 5.29. The van der Waals surface area contributed by atoms with E-state index in [2.05, 4.69) is 29.4 Å². The summed E-state index contributed by atoms with van der Waals surface area (Å²) in [5.41, 5.74) is 10.1.